The Balaban J connectivity index is 1.50. The van der Waals surface area contributed by atoms with Gasteiger partial charge in [0.05, 0.1) is 42.9 Å². The summed E-state index contributed by atoms with van der Waals surface area (Å²) in [5, 5.41) is 15.0. The fourth-order valence-electron chi connectivity index (χ4n) is 5.34. The van der Waals surface area contributed by atoms with Crippen LogP contribution in [0.5, 0.6) is 11.5 Å². The van der Waals surface area contributed by atoms with Gasteiger partial charge in [-0.3, -0.25) is 14.4 Å². The van der Waals surface area contributed by atoms with E-state index < -0.39 is 6.04 Å². The van der Waals surface area contributed by atoms with E-state index in [2.05, 4.69) is 30.9 Å². The molecule has 0 spiro atoms. The van der Waals surface area contributed by atoms with Gasteiger partial charge in [0.15, 0.2) is 11.5 Å². The number of benzene rings is 1. The van der Waals surface area contributed by atoms with Crippen LogP contribution in [0.15, 0.2) is 28.8 Å². The van der Waals surface area contributed by atoms with Crippen LogP contribution in [-0.2, 0) is 11.3 Å². The third-order valence-corrected chi connectivity index (χ3v) is 7.54. The predicted octanol–water partition coefficient (Wildman–Crippen LogP) is 2.92. The van der Waals surface area contributed by atoms with Crippen molar-refractivity contribution in [1.82, 2.24) is 40.4 Å². The quantitative estimate of drug-likeness (QED) is 0.349. The van der Waals surface area contributed by atoms with Crippen LogP contribution in [0.2, 0.25) is 0 Å². The smallest absolute Gasteiger partial charge is 0.258 e. The zero-order valence-electron chi connectivity index (χ0n) is 26.3. The van der Waals surface area contributed by atoms with Crippen molar-refractivity contribution in [2.24, 2.45) is 5.92 Å². The van der Waals surface area contributed by atoms with Crippen molar-refractivity contribution in [3.63, 3.8) is 0 Å². The minimum atomic E-state index is -0.484. The number of carbonyl (C=O) groups excluding carboxylic acids is 3. The van der Waals surface area contributed by atoms with E-state index in [9.17, 15) is 14.4 Å². The number of amides is 3. The zero-order chi connectivity index (χ0) is 32.2. The number of ether oxygens (including phenoxy) is 2. The summed E-state index contributed by atoms with van der Waals surface area (Å²) in [7, 11) is 1.53. The highest BCUT2D eigenvalue weighted by Gasteiger charge is 2.28. The van der Waals surface area contributed by atoms with Gasteiger partial charge < -0.3 is 29.5 Å². The Morgan fingerprint density at radius 3 is 2.67 bits per heavy atom. The molecule has 3 amide bonds. The van der Waals surface area contributed by atoms with Gasteiger partial charge in [-0.2, -0.15) is 5.10 Å². The molecule has 0 unspecified atom stereocenters. The summed E-state index contributed by atoms with van der Waals surface area (Å²) >= 11 is 0. The van der Waals surface area contributed by atoms with Crippen LogP contribution in [0.25, 0.3) is 11.1 Å². The van der Waals surface area contributed by atoms with E-state index in [0.717, 1.165) is 0 Å². The Morgan fingerprint density at radius 1 is 1.11 bits per heavy atom. The molecule has 2 bridgehead atoms. The average Bonchev–Trinajstić information content (AvgIpc) is 3.56. The Bertz CT molecular complexity index is 1730. The molecule has 238 valence electrons. The van der Waals surface area contributed by atoms with Crippen LogP contribution in [-0.4, -0.2) is 80.9 Å². The first kappa shape index (κ1) is 31.4. The number of pyridine rings is 1. The second-order valence-electron chi connectivity index (χ2n) is 11.3. The van der Waals surface area contributed by atoms with Crippen molar-refractivity contribution in [3.8, 4) is 11.5 Å². The zero-order valence-corrected chi connectivity index (χ0v) is 26.3. The number of nitrogens with zero attached hydrogens (tertiary/aromatic N) is 6. The van der Waals surface area contributed by atoms with Crippen molar-refractivity contribution in [2.75, 3.05) is 33.4 Å². The number of nitrogens with one attached hydrogen (secondary N) is 2. The van der Waals surface area contributed by atoms with E-state index in [1.807, 2.05) is 13.8 Å². The molecular weight excluding hydrogens is 580 g/mol. The Kier molecular flexibility index (Phi) is 9.30. The standard InChI is InChI=1S/C31H38N8O6/c1-17(2)27-28-34-20(5)36-39(28)12-13-44-24-15-21(8-9-23(24)43-6)29(41)32-10-7-11-38(16-25(40)35-27)31(42)22-14-18(3)33-30-26(22)19(4)37-45-30/h8-9,14-15,17,27H,7,10-13,16H2,1-6H3,(H,32,41)(H,35,40)/t27-/m0/s1. The minimum Gasteiger partial charge on any atom is -0.493 e. The molecule has 14 heteroatoms. The summed E-state index contributed by atoms with van der Waals surface area (Å²) in [6, 6.07) is 6.16. The highest BCUT2D eigenvalue weighted by Crippen LogP contribution is 2.29. The van der Waals surface area contributed by atoms with Crippen molar-refractivity contribution >= 4 is 28.8 Å². The third kappa shape index (κ3) is 6.89. The Labute approximate surface area is 260 Å². The highest BCUT2D eigenvalue weighted by molar-refractivity contribution is 6.07. The van der Waals surface area contributed by atoms with Crippen LogP contribution in [0.1, 0.15) is 70.1 Å². The number of rotatable bonds is 3. The highest BCUT2D eigenvalue weighted by atomic mass is 16.5. The molecule has 4 heterocycles. The summed E-state index contributed by atoms with van der Waals surface area (Å²) in [5.74, 6) is 0.944. The van der Waals surface area contributed by atoms with Gasteiger partial charge >= 0.3 is 0 Å². The summed E-state index contributed by atoms with van der Waals surface area (Å²) in [4.78, 5) is 51.2. The summed E-state index contributed by atoms with van der Waals surface area (Å²) in [6.07, 6.45) is 0.390. The second-order valence-corrected chi connectivity index (χ2v) is 11.3. The first-order chi connectivity index (χ1) is 21.5. The summed E-state index contributed by atoms with van der Waals surface area (Å²) in [5.41, 5.74) is 2.10. The number of aromatic nitrogens is 5. The predicted molar refractivity (Wildman–Crippen MR) is 163 cm³/mol. The number of hydrogen-bond donors (Lipinski definition) is 2. The SMILES string of the molecule is COc1ccc2cc1OCCn1nc(C)nc1[C@H](C(C)C)NC(=O)CN(C(=O)c1cc(C)nc3onc(C)c13)CCCNC2=O. The Morgan fingerprint density at radius 2 is 1.91 bits per heavy atom. The van der Waals surface area contributed by atoms with E-state index >= 15 is 0 Å². The minimum absolute atomic E-state index is 0.0407. The lowest BCUT2D eigenvalue weighted by Gasteiger charge is -2.26. The lowest BCUT2D eigenvalue weighted by atomic mass is 10.0. The van der Waals surface area contributed by atoms with E-state index in [1.165, 1.54) is 12.0 Å². The normalized spacial score (nSPS) is 16.8. The fourth-order valence-corrected chi connectivity index (χ4v) is 5.34. The number of aryl methyl sites for hydroxylation is 3. The number of hydrogen-bond acceptors (Lipinski definition) is 10. The third-order valence-electron chi connectivity index (χ3n) is 7.54. The van der Waals surface area contributed by atoms with Crippen molar-refractivity contribution in [3.05, 3.63) is 58.4 Å². The molecule has 0 saturated heterocycles. The molecule has 1 aromatic carbocycles. The number of carbonyl (C=O) groups is 3. The van der Waals surface area contributed by atoms with Gasteiger partial charge in [0.25, 0.3) is 17.5 Å². The maximum Gasteiger partial charge on any atom is 0.258 e. The van der Waals surface area contributed by atoms with Gasteiger partial charge in [-0.15, -0.1) is 0 Å². The molecule has 14 nitrogen and oxygen atoms in total. The molecule has 45 heavy (non-hydrogen) atoms. The van der Waals surface area contributed by atoms with Crippen molar-refractivity contribution in [2.45, 2.75) is 53.6 Å². The van der Waals surface area contributed by atoms with Gasteiger partial charge in [-0.05, 0) is 57.4 Å². The topological polar surface area (TPSA) is 167 Å². The molecule has 3 aromatic heterocycles. The maximum absolute atomic E-state index is 14.1. The maximum atomic E-state index is 14.1. The van der Waals surface area contributed by atoms with Crippen LogP contribution in [0.4, 0.5) is 0 Å². The average molecular weight is 619 g/mol. The van der Waals surface area contributed by atoms with Crippen molar-refractivity contribution in [1.29, 1.82) is 0 Å². The van der Waals surface area contributed by atoms with Gasteiger partial charge in [0.2, 0.25) is 5.91 Å². The van der Waals surface area contributed by atoms with Crippen LogP contribution in [0, 0.1) is 26.7 Å². The molecule has 0 aliphatic carbocycles. The summed E-state index contributed by atoms with van der Waals surface area (Å²) in [6.45, 7) is 10.0. The van der Waals surface area contributed by atoms with Crippen molar-refractivity contribution < 1.29 is 28.4 Å². The molecular formula is C31H38N8O6. The number of methoxy groups -OCH3 is 1. The second kappa shape index (κ2) is 13.3. The molecule has 0 saturated carbocycles. The van der Waals surface area contributed by atoms with Gasteiger partial charge in [-0.25, -0.2) is 14.6 Å². The van der Waals surface area contributed by atoms with Gasteiger partial charge in [-0.1, -0.05) is 19.0 Å². The van der Waals surface area contributed by atoms with E-state index in [0.29, 0.717) is 64.0 Å². The van der Waals surface area contributed by atoms with E-state index in [4.69, 9.17) is 14.0 Å². The van der Waals surface area contributed by atoms with E-state index in [1.54, 1.807) is 49.7 Å². The lowest BCUT2D eigenvalue weighted by molar-refractivity contribution is -0.123. The van der Waals surface area contributed by atoms with Gasteiger partial charge in [0, 0.05) is 24.3 Å². The molecule has 0 radical (unpaired) electrons. The van der Waals surface area contributed by atoms with E-state index in [-0.39, 0.29) is 55.6 Å². The molecule has 5 rings (SSSR count). The van der Waals surface area contributed by atoms with Crippen LogP contribution in [0.3, 0.4) is 0 Å². The summed E-state index contributed by atoms with van der Waals surface area (Å²) < 4.78 is 18.5. The Hall–Kier alpha value is -5.01. The van der Waals surface area contributed by atoms with Crippen LogP contribution < -0.4 is 20.1 Å². The number of fused-ring (bicyclic) bond motifs is 4. The monoisotopic (exact) mass is 618 g/mol. The molecule has 1 aliphatic heterocycles. The molecule has 4 aromatic rings. The molecule has 0 fully saturated rings. The molecule has 1 aliphatic rings. The molecule has 2 N–H and O–H groups in total. The van der Waals surface area contributed by atoms with Crippen LogP contribution >= 0.6 is 0 Å². The lowest BCUT2D eigenvalue weighted by Crippen LogP contribution is -2.44. The fraction of sp³-hybridized carbons (Fsp3) is 0.452. The molecule has 1 atom stereocenters. The first-order valence-corrected chi connectivity index (χ1v) is 14.9. The van der Waals surface area contributed by atoms with Gasteiger partial charge in [0.1, 0.15) is 18.3 Å². The first-order valence-electron chi connectivity index (χ1n) is 14.9. The largest absolute Gasteiger partial charge is 0.493 e.